The van der Waals surface area contributed by atoms with Gasteiger partial charge in [-0.05, 0) is 45.6 Å². The Labute approximate surface area is 139 Å². The minimum atomic E-state index is -4.56. The zero-order valence-electron chi connectivity index (χ0n) is 9.91. The summed E-state index contributed by atoms with van der Waals surface area (Å²) in [7, 11) is -3.95. The fourth-order valence-electron chi connectivity index (χ4n) is 1.49. The van der Waals surface area contributed by atoms with E-state index in [1.807, 2.05) is 0 Å². The Morgan fingerprint density at radius 3 is 2.33 bits per heavy atom. The molecule has 0 amide bonds. The van der Waals surface area contributed by atoms with Crippen LogP contribution in [0.25, 0.3) is 0 Å². The van der Waals surface area contributed by atoms with Gasteiger partial charge in [-0.2, -0.15) is 13.2 Å². The molecule has 0 aliphatic rings. The van der Waals surface area contributed by atoms with Gasteiger partial charge in [0.15, 0.2) is 4.21 Å². The molecule has 0 aliphatic heterocycles. The lowest BCUT2D eigenvalue weighted by molar-refractivity contribution is -0.137. The molecule has 21 heavy (non-hydrogen) atoms. The van der Waals surface area contributed by atoms with Crippen LogP contribution in [0.5, 0.6) is 0 Å². The summed E-state index contributed by atoms with van der Waals surface area (Å²) >= 11 is 6.97. The van der Waals surface area contributed by atoms with Crippen molar-refractivity contribution in [3.8, 4) is 0 Å². The highest BCUT2D eigenvalue weighted by Crippen LogP contribution is 2.35. The van der Waals surface area contributed by atoms with Crippen molar-refractivity contribution in [2.75, 3.05) is 4.72 Å². The standard InChI is InChI=1S/C11H6Br2F3NO2S2/c12-7-3-6(11(14,15)16)4-8(5-7)17-21(18,19)10-9(13)1-2-20-10/h1-5,17H. The van der Waals surface area contributed by atoms with Crippen LogP contribution in [0.4, 0.5) is 18.9 Å². The zero-order valence-corrected chi connectivity index (χ0v) is 14.7. The van der Waals surface area contributed by atoms with Crippen LogP contribution in [0.3, 0.4) is 0 Å². The number of sulfonamides is 1. The van der Waals surface area contributed by atoms with Crippen LogP contribution in [0, 0.1) is 0 Å². The van der Waals surface area contributed by atoms with E-state index >= 15 is 0 Å². The smallest absolute Gasteiger partial charge is 0.279 e. The van der Waals surface area contributed by atoms with Crippen molar-refractivity contribution < 1.29 is 21.6 Å². The SMILES string of the molecule is O=S(=O)(Nc1cc(Br)cc(C(F)(F)F)c1)c1sccc1Br. The van der Waals surface area contributed by atoms with E-state index < -0.39 is 21.8 Å². The summed E-state index contributed by atoms with van der Waals surface area (Å²) in [6.45, 7) is 0. The van der Waals surface area contributed by atoms with Crippen LogP contribution >= 0.6 is 43.2 Å². The van der Waals surface area contributed by atoms with Crippen molar-refractivity contribution in [3.05, 3.63) is 44.2 Å². The van der Waals surface area contributed by atoms with Gasteiger partial charge in [0.2, 0.25) is 0 Å². The number of thiophene rings is 1. The Hall–Kier alpha value is -0.580. The molecule has 0 bridgehead atoms. The maximum Gasteiger partial charge on any atom is 0.416 e. The van der Waals surface area contributed by atoms with Gasteiger partial charge in [-0.3, -0.25) is 4.72 Å². The van der Waals surface area contributed by atoms with E-state index in [1.165, 1.54) is 6.07 Å². The molecule has 10 heteroatoms. The molecule has 1 aromatic heterocycles. The number of rotatable bonds is 3. The number of benzene rings is 1. The van der Waals surface area contributed by atoms with Crippen LogP contribution in [0.15, 0.2) is 42.8 Å². The molecule has 1 heterocycles. The lowest BCUT2D eigenvalue weighted by atomic mass is 10.2. The minimum absolute atomic E-state index is 0.00367. The number of hydrogen-bond donors (Lipinski definition) is 1. The third kappa shape index (κ3) is 3.99. The second kappa shape index (κ2) is 5.90. The highest BCUT2D eigenvalue weighted by molar-refractivity contribution is 9.10. The first-order valence-corrected chi connectivity index (χ1v) is 9.18. The molecule has 0 spiro atoms. The third-order valence-electron chi connectivity index (χ3n) is 2.31. The number of alkyl halides is 3. The molecular formula is C11H6Br2F3NO2S2. The predicted molar refractivity (Wildman–Crippen MR) is 82.0 cm³/mol. The lowest BCUT2D eigenvalue weighted by Gasteiger charge is -2.12. The molecule has 0 saturated carbocycles. The fraction of sp³-hybridized carbons (Fsp3) is 0.0909. The highest BCUT2D eigenvalue weighted by Gasteiger charge is 2.31. The summed E-state index contributed by atoms with van der Waals surface area (Å²) in [6.07, 6.45) is -4.56. The van der Waals surface area contributed by atoms with E-state index in [9.17, 15) is 21.6 Å². The molecule has 0 fully saturated rings. The van der Waals surface area contributed by atoms with Gasteiger partial charge in [0.05, 0.1) is 11.3 Å². The van der Waals surface area contributed by atoms with Gasteiger partial charge in [0.25, 0.3) is 10.0 Å². The number of halogens is 5. The maximum absolute atomic E-state index is 12.7. The summed E-state index contributed by atoms with van der Waals surface area (Å²) in [5.41, 5.74) is -1.11. The number of anilines is 1. The van der Waals surface area contributed by atoms with Crippen LogP contribution in [0.1, 0.15) is 5.56 Å². The van der Waals surface area contributed by atoms with Gasteiger partial charge in [0, 0.05) is 8.95 Å². The number of nitrogens with one attached hydrogen (secondary N) is 1. The van der Waals surface area contributed by atoms with E-state index in [0.717, 1.165) is 23.5 Å². The molecule has 2 rings (SSSR count). The van der Waals surface area contributed by atoms with Gasteiger partial charge in [-0.25, -0.2) is 8.42 Å². The predicted octanol–water partition coefficient (Wildman–Crippen LogP) is 5.09. The first-order chi connectivity index (χ1) is 9.59. The Kier molecular flexibility index (Phi) is 4.72. The van der Waals surface area contributed by atoms with Crippen LogP contribution in [-0.4, -0.2) is 8.42 Å². The van der Waals surface area contributed by atoms with Crippen molar-refractivity contribution in [3.63, 3.8) is 0 Å². The summed E-state index contributed by atoms with van der Waals surface area (Å²) in [6, 6.07) is 4.41. The molecule has 0 aliphatic carbocycles. The summed E-state index contributed by atoms with van der Waals surface area (Å²) in [5, 5.41) is 1.56. The molecule has 3 nitrogen and oxygen atoms in total. The van der Waals surface area contributed by atoms with E-state index in [1.54, 1.807) is 11.4 Å². The minimum Gasteiger partial charge on any atom is -0.279 e. The second-order valence-electron chi connectivity index (χ2n) is 3.89. The molecule has 0 unspecified atom stereocenters. The van der Waals surface area contributed by atoms with E-state index in [2.05, 4.69) is 36.6 Å². The van der Waals surface area contributed by atoms with Crippen molar-refractivity contribution >= 4 is 58.9 Å². The van der Waals surface area contributed by atoms with Crippen molar-refractivity contribution in [2.24, 2.45) is 0 Å². The first-order valence-electron chi connectivity index (χ1n) is 5.23. The van der Waals surface area contributed by atoms with E-state index in [-0.39, 0.29) is 14.4 Å². The quantitative estimate of drug-likeness (QED) is 0.687. The lowest BCUT2D eigenvalue weighted by Crippen LogP contribution is -2.13. The average molecular weight is 465 g/mol. The van der Waals surface area contributed by atoms with E-state index in [4.69, 9.17) is 0 Å². The molecule has 0 atom stereocenters. The Morgan fingerprint density at radius 2 is 1.81 bits per heavy atom. The molecule has 0 radical (unpaired) electrons. The average Bonchev–Trinajstić information content (AvgIpc) is 2.73. The van der Waals surface area contributed by atoms with Gasteiger partial charge >= 0.3 is 6.18 Å². The summed E-state index contributed by atoms with van der Waals surface area (Å²) in [5.74, 6) is 0. The molecule has 2 aromatic rings. The molecule has 1 aromatic carbocycles. The Bertz CT molecular complexity index is 772. The number of hydrogen-bond acceptors (Lipinski definition) is 3. The largest absolute Gasteiger partial charge is 0.416 e. The van der Waals surface area contributed by atoms with Gasteiger partial charge in [-0.1, -0.05) is 15.9 Å². The normalized spacial score (nSPS) is 12.4. The van der Waals surface area contributed by atoms with Gasteiger partial charge in [0.1, 0.15) is 0 Å². The van der Waals surface area contributed by atoms with Crippen LogP contribution < -0.4 is 4.72 Å². The molecule has 0 saturated heterocycles. The summed E-state index contributed by atoms with van der Waals surface area (Å²) in [4.78, 5) is 0. The maximum atomic E-state index is 12.7. The van der Waals surface area contributed by atoms with Gasteiger partial charge in [-0.15, -0.1) is 11.3 Å². The highest BCUT2D eigenvalue weighted by atomic mass is 79.9. The molecule has 1 N–H and O–H groups in total. The summed E-state index contributed by atoms with van der Waals surface area (Å²) < 4.78 is 65.0. The molecular weight excluding hydrogens is 459 g/mol. The van der Waals surface area contributed by atoms with Crippen LogP contribution in [0.2, 0.25) is 0 Å². The Balaban J connectivity index is 2.41. The monoisotopic (exact) mass is 463 g/mol. The molecule has 114 valence electrons. The Morgan fingerprint density at radius 1 is 1.14 bits per heavy atom. The zero-order chi connectivity index (χ0) is 15.8. The second-order valence-corrected chi connectivity index (χ2v) is 8.45. The van der Waals surface area contributed by atoms with E-state index in [0.29, 0.717) is 4.47 Å². The van der Waals surface area contributed by atoms with Crippen molar-refractivity contribution in [2.45, 2.75) is 10.4 Å². The van der Waals surface area contributed by atoms with Crippen LogP contribution in [-0.2, 0) is 16.2 Å². The van der Waals surface area contributed by atoms with Crippen molar-refractivity contribution in [1.29, 1.82) is 0 Å². The third-order valence-corrected chi connectivity index (χ3v) is 6.81. The first kappa shape index (κ1) is 16.8. The fourth-order valence-corrected chi connectivity index (χ4v) is 5.36. The topological polar surface area (TPSA) is 46.2 Å². The van der Waals surface area contributed by atoms with Gasteiger partial charge < -0.3 is 0 Å². The van der Waals surface area contributed by atoms with Crippen molar-refractivity contribution in [1.82, 2.24) is 0 Å².